The average Bonchev–Trinajstić information content (AvgIpc) is 3.17. The molecule has 0 amide bonds. The minimum Gasteiger partial charge on any atom is -0.488 e. The highest BCUT2D eigenvalue weighted by molar-refractivity contribution is 7.19. The van der Waals surface area contributed by atoms with Crippen molar-refractivity contribution in [2.75, 3.05) is 20.2 Å². The third-order valence-corrected chi connectivity index (χ3v) is 5.41. The van der Waals surface area contributed by atoms with Crippen molar-refractivity contribution in [3.63, 3.8) is 0 Å². The van der Waals surface area contributed by atoms with Gasteiger partial charge in [-0.3, -0.25) is 4.99 Å². The van der Waals surface area contributed by atoms with Crippen molar-refractivity contribution in [2.45, 2.75) is 19.1 Å². The maximum Gasteiger partial charge on any atom is 0.272 e. The van der Waals surface area contributed by atoms with E-state index >= 15 is 0 Å². The Morgan fingerprint density at radius 1 is 1.14 bits per heavy atom. The Kier molecular flexibility index (Phi) is 7.37. The predicted octanol–water partition coefficient (Wildman–Crippen LogP) is 3.94. The minimum absolute atomic E-state index is 0.310. The van der Waals surface area contributed by atoms with Gasteiger partial charge in [0, 0.05) is 29.7 Å². The second-order valence-corrected chi connectivity index (χ2v) is 7.47. The highest BCUT2D eigenvalue weighted by Gasteiger charge is 2.12. The summed E-state index contributed by atoms with van der Waals surface area (Å²) in [6.07, 6.45) is -3.16. The number of rotatable bonds is 8. The molecule has 0 radical (unpaired) electrons. The van der Waals surface area contributed by atoms with Crippen LogP contribution in [0.15, 0.2) is 59.6 Å². The standard InChI is InChI=1S/C21H23F2N3O2S/c1-24-21(25-11-14-5-4-7-16(9-14)28-13-20(22)23)26-12-17(27)19-10-15-6-2-3-8-18(15)29-19/h2-10,17,20,27H,11-13H2,1H3,(H2,24,25,26). The molecule has 2 aromatic carbocycles. The first-order valence-corrected chi connectivity index (χ1v) is 9.97. The fourth-order valence-electron chi connectivity index (χ4n) is 2.77. The van der Waals surface area contributed by atoms with E-state index < -0.39 is 19.1 Å². The molecule has 0 aliphatic heterocycles. The zero-order chi connectivity index (χ0) is 20.6. The zero-order valence-corrected chi connectivity index (χ0v) is 16.8. The molecule has 3 N–H and O–H groups in total. The Morgan fingerprint density at radius 3 is 2.72 bits per heavy atom. The molecular formula is C21H23F2N3O2S. The van der Waals surface area contributed by atoms with Crippen LogP contribution in [0.3, 0.4) is 0 Å². The fourth-order valence-corrected chi connectivity index (χ4v) is 3.82. The number of fused-ring (bicyclic) bond motifs is 1. The van der Waals surface area contributed by atoms with Gasteiger partial charge >= 0.3 is 0 Å². The first-order valence-electron chi connectivity index (χ1n) is 9.16. The van der Waals surface area contributed by atoms with Crippen LogP contribution in [0, 0.1) is 0 Å². The molecule has 29 heavy (non-hydrogen) atoms. The van der Waals surface area contributed by atoms with E-state index in [4.69, 9.17) is 4.74 Å². The lowest BCUT2D eigenvalue weighted by Gasteiger charge is -2.15. The lowest BCUT2D eigenvalue weighted by molar-refractivity contribution is 0.0818. The summed E-state index contributed by atoms with van der Waals surface area (Å²) >= 11 is 1.57. The second kappa shape index (κ2) is 10.2. The SMILES string of the molecule is CN=C(NCc1cccc(OCC(F)F)c1)NCC(O)c1cc2ccccc2s1. The zero-order valence-electron chi connectivity index (χ0n) is 15.9. The Bertz CT molecular complexity index is 929. The molecule has 1 unspecified atom stereocenters. The van der Waals surface area contributed by atoms with Crippen LogP contribution in [0.25, 0.3) is 10.1 Å². The van der Waals surface area contributed by atoms with Crippen LogP contribution in [0.5, 0.6) is 5.75 Å². The number of aliphatic hydroxyl groups is 1. The molecule has 3 rings (SSSR count). The molecule has 1 heterocycles. The quantitative estimate of drug-likeness (QED) is 0.382. The molecule has 0 saturated heterocycles. The monoisotopic (exact) mass is 419 g/mol. The maximum atomic E-state index is 12.3. The summed E-state index contributed by atoms with van der Waals surface area (Å²) in [6.45, 7) is 0.115. The Morgan fingerprint density at radius 2 is 1.97 bits per heavy atom. The number of aliphatic imine (C=N–C) groups is 1. The first-order chi connectivity index (χ1) is 14.0. The minimum atomic E-state index is -2.51. The topological polar surface area (TPSA) is 65.9 Å². The number of guanidine groups is 1. The molecule has 0 bridgehead atoms. The van der Waals surface area contributed by atoms with Crippen LogP contribution < -0.4 is 15.4 Å². The van der Waals surface area contributed by atoms with Crippen molar-refractivity contribution in [2.24, 2.45) is 4.99 Å². The van der Waals surface area contributed by atoms with Gasteiger partial charge in [-0.05, 0) is 35.2 Å². The third kappa shape index (κ3) is 6.13. The average molecular weight is 419 g/mol. The molecule has 5 nitrogen and oxygen atoms in total. The van der Waals surface area contributed by atoms with Crippen LogP contribution in [0.2, 0.25) is 0 Å². The number of halogens is 2. The van der Waals surface area contributed by atoms with Crippen molar-refractivity contribution in [3.05, 3.63) is 65.0 Å². The molecule has 8 heteroatoms. The van der Waals surface area contributed by atoms with Gasteiger partial charge in [0.2, 0.25) is 0 Å². The van der Waals surface area contributed by atoms with E-state index in [1.807, 2.05) is 36.4 Å². The van der Waals surface area contributed by atoms with E-state index in [-0.39, 0.29) is 0 Å². The van der Waals surface area contributed by atoms with Crippen molar-refractivity contribution < 1.29 is 18.6 Å². The van der Waals surface area contributed by atoms with Crippen LogP contribution in [-0.4, -0.2) is 37.7 Å². The number of hydrogen-bond donors (Lipinski definition) is 3. The number of hydrogen-bond acceptors (Lipinski definition) is 4. The predicted molar refractivity (Wildman–Crippen MR) is 113 cm³/mol. The molecule has 0 aliphatic rings. The number of nitrogens with zero attached hydrogens (tertiary/aromatic N) is 1. The van der Waals surface area contributed by atoms with E-state index in [1.165, 1.54) is 0 Å². The van der Waals surface area contributed by atoms with Crippen molar-refractivity contribution in [1.29, 1.82) is 0 Å². The first kappa shape index (κ1) is 21.0. The molecule has 1 aromatic heterocycles. The van der Waals surface area contributed by atoms with E-state index in [2.05, 4.69) is 15.6 Å². The smallest absolute Gasteiger partial charge is 0.272 e. The highest BCUT2D eigenvalue weighted by Crippen LogP contribution is 2.29. The highest BCUT2D eigenvalue weighted by atomic mass is 32.1. The van der Waals surface area contributed by atoms with Gasteiger partial charge in [0.1, 0.15) is 18.5 Å². The lowest BCUT2D eigenvalue weighted by atomic mass is 10.2. The summed E-state index contributed by atoms with van der Waals surface area (Å²) in [5, 5.41) is 17.8. The summed E-state index contributed by atoms with van der Waals surface area (Å²) < 4.78 is 30.7. The van der Waals surface area contributed by atoms with E-state index in [9.17, 15) is 13.9 Å². The molecule has 1 atom stereocenters. The van der Waals surface area contributed by atoms with Gasteiger partial charge in [0.25, 0.3) is 6.43 Å². The molecule has 0 aliphatic carbocycles. The summed E-state index contributed by atoms with van der Waals surface area (Å²) in [7, 11) is 1.64. The number of ether oxygens (including phenoxy) is 1. The largest absolute Gasteiger partial charge is 0.488 e. The van der Waals surface area contributed by atoms with Crippen molar-refractivity contribution in [1.82, 2.24) is 10.6 Å². The Labute approximate surface area is 172 Å². The molecule has 0 fully saturated rings. The Hall–Kier alpha value is -2.71. The third-order valence-electron chi connectivity index (χ3n) is 4.19. The van der Waals surface area contributed by atoms with Gasteiger partial charge in [-0.15, -0.1) is 11.3 Å². The van der Waals surface area contributed by atoms with Crippen LogP contribution >= 0.6 is 11.3 Å². The molecular weight excluding hydrogens is 396 g/mol. The number of benzene rings is 2. The maximum absolute atomic E-state index is 12.3. The van der Waals surface area contributed by atoms with Gasteiger partial charge < -0.3 is 20.5 Å². The number of nitrogens with one attached hydrogen (secondary N) is 2. The normalized spacial score (nSPS) is 12.9. The van der Waals surface area contributed by atoms with Crippen molar-refractivity contribution >= 4 is 27.4 Å². The van der Waals surface area contributed by atoms with E-state index in [0.29, 0.717) is 24.8 Å². The molecule has 154 valence electrons. The van der Waals surface area contributed by atoms with Gasteiger partial charge in [-0.2, -0.15) is 0 Å². The van der Waals surface area contributed by atoms with Gasteiger partial charge in [0.05, 0.1) is 0 Å². The summed E-state index contributed by atoms with van der Waals surface area (Å²) in [5.41, 5.74) is 0.866. The van der Waals surface area contributed by atoms with E-state index in [0.717, 1.165) is 20.5 Å². The van der Waals surface area contributed by atoms with Crippen LogP contribution in [0.1, 0.15) is 16.5 Å². The number of alkyl halides is 2. The van der Waals surface area contributed by atoms with Gasteiger partial charge in [-0.1, -0.05) is 30.3 Å². The summed E-state index contributed by atoms with van der Waals surface area (Å²) in [4.78, 5) is 5.04. The number of thiophene rings is 1. The summed E-state index contributed by atoms with van der Waals surface area (Å²) in [5.74, 6) is 0.928. The fraction of sp³-hybridized carbons (Fsp3) is 0.286. The summed E-state index contributed by atoms with van der Waals surface area (Å²) in [6, 6.07) is 17.0. The molecule has 3 aromatic rings. The lowest BCUT2D eigenvalue weighted by Crippen LogP contribution is -2.38. The molecule has 0 spiro atoms. The van der Waals surface area contributed by atoms with Crippen LogP contribution in [-0.2, 0) is 6.54 Å². The van der Waals surface area contributed by atoms with Gasteiger partial charge in [0.15, 0.2) is 5.96 Å². The van der Waals surface area contributed by atoms with Crippen molar-refractivity contribution in [3.8, 4) is 5.75 Å². The van der Waals surface area contributed by atoms with E-state index in [1.54, 1.807) is 36.6 Å². The van der Waals surface area contributed by atoms with Gasteiger partial charge in [-0.25, -0.2) is 8.78 Å². The Balaban J connectivity index is 1.51. The van der Waals surface area contributed by atoms with Crippen LogP contribution in [0.4, 0.5) is 8.78 Å². The second-order valence-electron chi connectivity index (χ2n) is 6.36. The molecule has 0 saturated carbocycles. The number of aliphatic hydroxyl groups excluding tert-OH is 1.